The minimum absolute atomic E-state index is 0. The molecule has 0 amide bonds. The standard InChI is InChI=1S/C7H4Cl2O.Na.H/c8-6-2-1-3-7(9)5(6)4-10;;/h1-4H;;/q;+1;-1. The van der Waals surface area contributed by atoms with Crippen molar-refractivity contribution < 1.29 is 35.8 Å². The van der Waals surface area contributed by atoms with Crippen molar-refractivity contribution in [3.63, 3.8) is 0 Å². The van der Waals surface area contributed by atoms with Gasteiger partial charge < -0.3 is 1.43 Å². The van der Waals surface area contributed by atoms with Crippen LogP contribution in [0.15, 0.2) is 18.2 Å². The maximum atomic E-state index is 10.3. The normalized spacial score (nSPS) is 8.55. The molecule has 0 N–H and O–H groups in total. The molecule has 0 unspecified atom stereocenters. The van der Waals surface area contributed by atoms with Crippen LogP contribution in [0.3, 0.4) is 0 Å². The number of benzene rings is 1. The van der Waals surface area contributed by atoms with Crippen LogP contribution in [0.2, 0.25) is 10.0 Å². The zero-order chi connectivity index (χ0) is 7.56. The zero-order valence-corrected chi connectivity index (χ0v) is 9.49. The summed E-state index contributed by atoms with van der Waals surface area (Å²) in [5, 5.41) is 0.782. The fourth-order valence-electron chi connectivity index (χ4n) is 0.623. The summed E-state index contributed by atoms with van der Waals surface area (Å²) in [4.78, 5) is 10.3. The minimum Gasteiger partial charge on any atom is -1.00 e. The van der Waals surface area contributed by atoms with E-state index >= 15 is 0 Å². The van der Waals surface area contributed by atoms with Crippen molar-refractivity contribution in [2.45, 2.75) is 0 Å². The van der Waals surface area contributed by atoms with Crippen molar-refractivity contribution in [3.05, 3.63) is 33.8 Å². The van der Waals surface area contributed by atoms with Crippen molar-refractivity contribution in [1.82, 2.24) is 0 Å². The van der Waals surface area contributed by atoms with Gasteiger partial charge in [0, 0.05) is 0 Å². The topological polar surface area (TPSA) is 17.1 Å². The number of hydrogen-bond donors (Lipinski definition) is 0. The van der Waals surface area contributed by atoms with Crippen molar-refractivity contribution in [2.75, 3.05) is 0 Å². The molecule has 0 aliphatic heterocycles. The smallest absolute Gasteiger partial charge is 1.00 e. The Hall–Kier alpha value is 0.470. The van der Waals surface area contributed by atoms with Gasteiger partial charge in [-0.05, 0) is 12.1 Å². The molecular formula is C7H5Cl2NaO. The predicted molar refractivity (Wildman–Crippen MR) is 43.0 cm³/mol. The molecular weight excluding hydrogens is 194 g/mol. The van der Waals surface area contributed by atoms with Crippen LogP contribution in [0.1, 0.15) is 11.8 Å². The Labute approximate surface area is 98.5 Å². The molecule has 0 aliphatic rings. The first-order chi connectivity index (χ1) is 4.75. The van der Waals surface area contributed by atoms with Gasteiger partial charge in [0.05, 0.1) is 15.6 Å². The monoisotopic (exact) mass is 198 g/mol. The number of halogens is 2. The first-order valence-corrected chi connectivity index (χ1v) is 3.40. The Morgan fingerprint density at radius 1 is 1.27 bits per heavy atom. The summed E-state index contributed by atoms with van der Waals surface area (Å²) in [5.74, 6) is 0. The summed E-state index contributed by atoms with van der Waals surface area (Å²) in [6.45, 7) is 0. The second-order valence-corrected chi connectivity index (χ2v) is 2.57. The molecule has 1 aromatic carbocycles. The van der Waals surface area contributed by atoms with Crippen molar-refractivity contribution in [1.29, 1.82) is 0 Å². The van der Waals surface area contributed by atoms with E-state index < -0.39 is 0 Å². The van der Waals surface area contributed by atoms with Gasteiger partial charge in [0.1, 0.15) is 0 Å². The van der Waals surface area contributed by atoms with Crippen LogP contribution >= 0.6 is 23.2 Å². The van der Waals surface area contributed by atoms with Crippen LogP contribution in [0.4, 0.5) is 0 Å². The summed E-state index contributed by atoms with van der Waals surface area (Å²) < 4.78 is 0. The second-order valence-electron chi connectivity index (χ2n) is 1.75. The number of rotatable bonds is 1. The van der Waals surface area contributed by atoms with E-state index in [4.69, 9.17) is 23.2 Å². The minimum atomic E-state index is 0. The third kappa shape index (κ3) is 2.77. The first-order valence-electron chi connectivity index (χ1n) is 2.65. The fourth-order valence-corrected chi connectivity index (χ4v) is 1.11. The number of aldehydes is 1. The van der Waals surface area contributed by atoms with Gasteiger partial charge in [-0.3, -0.25) is 4.79 Å². The van der Waals surface area contributed by atoms with Gasteiger partial charge in [0.15, 0.2) is 6.29 Å². The van der Waals surface area contributed by atoms with Gasteiger partial charge in [-0.2, -0.15) is 0 Å². The molecule has 54 valence electrons. The van der Waals surface area contributed by atoms with Gasteiger partial charge in [-0.1, -0.05) is 29.3 Å². The van der Waals surface area contributed by atoms with Crippen LogP contribution in [0.25, 0.3) is 0 Å². The third-order valence-electron chi connectivity index (χ3n) is 1.12. The van der Waals surface area contributed by atoms with E-state index in [1.807, 2.05) is 0 Å². The fraction of sp³-hybridized carbons (Fsp3) is 0. The Balaban J connectivity index is 0. The summed E-state index contributed by atoms with van der Waals surface area (Å²) in [6.07, 6.45) is 0.644. The maximum absolute atomic E-state index is 10.3. The predicted octanol–water partition coefficient (Wildman–Crippen LogP) is -0.0776. The Kier molecular flexibility index (Phi) is 5.40. The zero-order valence-electron chi connectivity index (χ0n) is 6.97. The molecule has 0 saturated heterocycles. The molecule has 0 spiro atoms. The van der Waals surface area contributed by atoms with E-state index in [-0.39, 0.29) is 31.0 Å². The van der Waals surface area contributed by atoms with Gasteiger partial charge in [0.25, 0.3) is 0 Å². The maximum Gasteiger partial charge on any atom is 1.00 e. The molecule has 0 aromatic heterocycles. The van der Waals surface area contributed by atoms with Gasteiger partial charge >= 0.3 is 29.6 Å². The van der Waals surface area contributed by atoms with E-state index in [1.54, 1.807) is 18.2 Å². The summed E-state index contributed by atoms with van der Waals surface area (Å²) in [7, 11) is 0. The molecule has 1 rings (SSSR count). The molecule has 1 nitrogen and oxygen atoms in total. The van der Waals surface area contributed by atoms with Gasteiger partial charge in [-0.15, -0.1) is 0 Å². The molecule has 1 aromatic rings. The van der Waals surface area contributed by atoms with Crippen molar-refractivity contribution >= 4 is 29.5 Å². The average Bonchev–Trinajstić information content (AvgIpc) is 1.88. The summed E-state index contributed by atoms with van der Waals surface area (Å²) in [5.41, 5.74) is 0.353. The van der Waals surface area contributed by atoms with Gasteiger partial charge in [0.2, 0.25) is 0 Å². The number of carbonyl (C=O) groups is 1. The van der Waals surface area contributed by atoms with Crippen LogP contribution in [0.5, 0.6) is 0 Å². The summed E-state index contributed by atoms with van der Waals surface area (Å²) >= 11 is 11.2. The van der Waals surface area contributed by atoms with E-state index in [2.05, 4.69) is 0 Å². The molecule has 0 saturated carbocycles. The molecule has 4 heteroatoms. The van der Waals surface area contributed by atoms with E-state index in [1.165, 1.54) is 0 Å². The van der Waals surface area contributed by atoms with Crippen LogP contribution in [-0.4, -0.2) is 6.29 Å². The quantitative estimate of drug-likeness (QED) is 0.456. The van der Waals surface area contributed by atoms with Crippen LogP contribution in [0, 0.1) is 0 Å². The Bertz CT molecular complexity index is 247. The first kappa shape index (κ1) is 11.5. The van der Waals surface area contributed by atoms with Crippen LogP contribution < -0.4 is 29.6 Å². The van der Waals surface area contributed by atoms with E-state index in [9.17, 15) is 4.79 Å². The van der Waals surface area contributed by atoms with Crippen molar-refractivity contribution in [3.8, 4) is 0 Å². The molecule has 0 heterocycles. The SMILES string of the molecule is O=Cc1c(Cl)cccc1Cl.[H-].[Na+]. The Morgan fingerprint density at radius 2 is 1.73 bits per heavy atom. The molecule has 11 heavy (non-hydrogen) atoms. The Morgan fingerprint density at radius 3 is 2.00 bits per heavy atom. The molecule has 0 radical (unpaired) electrons. The molecule has 0 bridgehead atoms. The summed E-state index contributed by atoms with van der Waals surface area (Å²) in [6, 6.07) is 4.94. The second kappa shape index (κ2) is 5.18. The van der Waals surface area contributed by atoms with Gasteiger partial charge in [-0.25, -0.2) is 0 Å². The average molecular weight is 199 g/mol. The largest absolute Gasteiger partial charge is 1.00 e. The third-order valence-corrected chi connectivity index (χ3v) is 1.78. The molecule has 0 aliphatic carbocycles. The van der Waals surface area contributed by atoms with Crippen LogP contribution in [-0.2, 0) is 0 Å². The number of carbonyl (C=O) groups excluding carboxylic acids is 1. The number of hydrogen-bond acceptors (Lipinski definition) is 1. The van der Waals surface area contributed by atoms with E-state index in [0.29, 0.717) is 21.9 Å². The molecule has 0 fully saturated rings. The van der Waals surface area contributed by atoms with Crippen molar-refractivity contribution in [2.24, 2.45) is 0 Å². The molecule has 0 atom stereocenters. The van der Waals surface area contributed by atoms with E-state index in [0.717, 1.165) is 0 Å².